The molecule has 1 saturated heterocycles. The van der Waals surface area contributed by atoms with E-state index in [-0.39, 0.29) is 10.7 Å². The lowest BCUT2D eigenvalue weighted by Crippen LogP contribution is -2.51. The highest BCUT2D eigenvalue weighted by Gasteiger charge is 2.26. The molecule has 0 bridgehead atoms. The second kappa shape index (κ2) is 10.4. The highest BCUT2D eigenvalue weighted by Crippen LogP contribution is 2.26. The zero-order chi connectivity index (χ0) is 18.9. The van der Waals surface area contributed by atoms with Gasteiger partial charge in [0, 0.05) is 10.0 Å². The molecule has 1 aromatic rings. The number of carbonyl (C=O) groups excluding carboxylic acids is 2. The lowest BCUT2D eigenvalue weighted by molar-refractivity contribution is -0.123. The van der Waals surface area contributed by atoms with Gasteiger partial charge >= 0.3 is 0 Å². The van der Waals surface area contributed by atoms with Crippen molar-refractivity contribution in [1.82, 2.24) is 10.6 Å². The van der Waals surface area contributed by atoms with E-state index in [1.165, 1.54) is 31.8 Å². The number of ether oxygens (including phenoxy) is 1. The first-order valence-electron chi connectivity index (χ1n) is 8.82. The van der Waals surface area contributed by atoms with E-state index in [1.807, 2.05) is 18.2 Å². The minimum atomic E-state index is -0.513. The van der Waals surface area contributed by atoms with Crippen LogP contribution in [0.3, 0.4) is 0 Å². The number of hydrogen-bond acceptors (Lipinski definition) is 4. The van der Waals surface area contributed by atoms with Crippen LogP contribution in [0.25, 0.3) is 6.08 Å². The van der Waals surface area contributed by atoms with Gasteiger partial charge < -0.3 is 4.74 Å². The summed E-state index contributed by atoms with van der Waals surface area (Å²) in [5.74, 6) is -0.385. The van der Waals surface area contributed by atoms with Crippen LogP contribution in [-0.4, -0.2) is 23.5 Å². The number of nitrogens with one attached hydrogen (secondary N) is 2. The van der Waals surface area contributed by atoms with E-state index >= 15 is 0 Å². The number of thiocarbonyl (C=S) groups is 1. The maximum Gasteiger partial charge on any atom is 0.263 e. The normalized spacial score (nSPS) is 14.1. The second-order valence-corrected chi connectivity index (χ2v) is 7.42. The van der Waals surface area contributed by atoms with Gasteiger partial charge in [0.2, 0.25) is 0 Å². The summed E-state index contributed by atoms with van der Waals surface area (Å²) in [6.07, 6.45) is 8.62. The SMILES string of the molecule is CCCCCCCCOc1ccc(Br)cc1C=C1C(=O)NC(=S)NC1=O. The molecule has 2 rings (SSSR count). The van der Waals surface area contributed by atoms with Gasteiger partial charge in [-0.3, -0.25) is 20.2 Å². The van der Waals surface area contributed by atoms with Gasteiger partial charge in [0.1, 0.15) is 11.3 Å². The van der Waals surface area contributed by atoms with Gasteiger partial charge in [-0.2, -0.15) is 0 Å². The molecule has 140 valence electrons. The Morgan fingerprint density at radius 1 is 1.08 bits per heavy atom. The van der Waals surface area contributed by atoms with Gasteiger partial charge in [-0.15, -0.1) is 0 Å². The molecular weight excluding hydrogens is 416 g/mol. The minimum absolute atomic E-state index is 0.00103. The standard InChI is InChI=1S/C19H23BrN2O3S/c1-2-3-4-5-6-7-10-25-16-9-8-14(20)11-13(16)12-15-17(23)21-19(26)22-18(15)24/h8-9,11-12H,2-7,10H2,1H3,(H2,21,22,23,24,26). The number of benzene rings is 1. The van der Waals surface area contributed by atoms with Gasteiger partial charge in [-0.05, 0) is 42.9 Å². The Labute approximate surface area is 167 Å². The quantitative estimate of drug-likeness (QED) is 0.263. The maximum absolute atomic E-state index is 12.0. The van der Waals surface area contributed by atoms with Crippen molar-refractivity contribution in [3.8, 4) is 5.75 Å². The number of unbranched alkanes of at least 4 members (excludes halogenated alkanes) is 5. The predicted octanol–water partition coefficient (Wildman–Crippen LogP) is 4.10. The molecule has 0 saturated carbocycles. The van der Waals surface area contributed by atoms with Crippen LogP contribution in [0.4, 0.5) is 0 Å². The summed E-state index contributed by atoms with van der Waals surface area (Å²) in [4.78, 5) is 24.0. The molecule has 1 fully saturated rings. The zero-order valence-electron chi connectivity index (χ0n) is 14.8. The van der Waals surface area contributed by atoms with Crippen molar-refractivity contribution in [1.29, 1.82) is 0 Å². The summed E-state index contributed by atoms with van der Waals surface area (Å²) in [6, 6.07) is 5.52. The summed E-state index contributed by atoms with van der Waals surface area (Å²) in [6.45, 7) is 2.81. The average Bonchev–Trinajstić information content (AvgIpc) is 2.58. The number of amides is 2. The van der Waals surface area contributed by atoms with Crippen molar-refractivity contribution in [3.63, 3.8) is 0 Å². The summed E-state index contributed by atoms with van der Waals surface area (Å²) < 4.78 is 6.71. The smallest absolute Gasteiger partial charge is 0.263 e. The summed E-state index contributed by atoms with van der Waals surface area (Å²) in [7, 11) is 0. The first-order chi connectivity index (χ1) is 12.5. The molecule has 0 atom stereocenters. The topological polar surface area (TPSA) is 67.4 Å². The van der Waals surface area contributed by atoms with Crippen molar-refractivity contribution < 1.29 is 14.3 Å². The van der Waals surface area contributed by atoms with Gasteiger partial charge in [0.05, 0.1) is 6.61 Å². The average molecular weight is 439 g/mol. The maximum atomic E-state index is 12.0. The number of halogens is 1. The van der Waals surface area contributed by atoms with E-state index in [2.05, 4.69) is 33.5 Å². The molecular formula is C19H23BrN2O3S. The van der Waals surface area contributed by atoms with E-state index in [4.69, 9.17) is 17.0 Å². The first kappa shape index (κ1) is 20.6. The third kappa shape index (κ3) is 6.21. The van der Waals surface area contributed by atoms with Gasteiger partial charge in [0.15, 0.2) is 5.11 Å². The fourth-order valence-electron chi connectivity index (χ4n) is 2.59. The molecule has 0 unspecified atom stereocenters. The molecule has 1 aromatic carbocycles. The number of carbonyl (C=O) groups is 2. The fraction of sp³-hybridized carbons (Fsp3) is 0.421. The molecule has 1 heterocycles. The van der Waals surface area contributed by atoms with Gasteiger partial charge in [0.25, 0.3) is 11.8 Å². The Morgan fingerprint density at radius 2 is 1.73 bits per heavy atom. The van der Waals surface area contributed by atoms with E-state index < -0.39 is 11.8 Å². The predicted molar refractivity (Wildman–Crippen MR) is 110 cm³/mol. The second-order valence-electron chi connectivity index (χ2n) is 6.09. The molecule has 26 heavy (non-hydrogen) atoms. The van der Waals surface area contributed by atoms with Crippen LogP contribution in [0.1, 0.15) is 51.0 Å². The molecule has 1 aliphatic heterocycles. The summed E-state index contributed by atoms with van der Waals surface area (Å²) in [5, 5.41) is 4.88. The van der Waals surface area contributed by atoms with Crippen LogP contribution >= 0.6 is 28.1 Å². The summed E-state index contributed by atoms with van der Waals surface area (Å²) >= 11 is 8.22. The number of rotatable bonds is 9. The first-order valence-corrected chi connectivity index (χ1v) is 10.0. The van der Waals surface area contributed by atoms with Gasteiger partial charge in [-0.25, -0.2) is 0 Å². The van der Waals surface area contributed by atoms with Crippen molar-refractivity contribution in [2.45, 2.75) is 45.4 Å². The van der Waals surface area contributed by atoms with E-state index in [0.717, 1.165) is 17.3 Å². The highest BCUT2D eigenvalue weighted by atomic mass is 79.9. The van der Waals surface area contributed by atoms with Crippen molar-refractivity contribution in [3.05, 3.63) is 33.8 Å². The fourth-order valence-corrected chi connectivity index (χ4v) is 3.15. The summed E-state index contributed by atoms with van der Waals surface area (Å²) in [5.41, 5.74) is 0.666. The Bertz CT molecular complexity index is 697. The molecule has 7 heteroatoms. The largest absolute Gasteiger partial charge is 0.493 e. The monoisotopic (exact) mass is 438 g/mol. The lowest BCUT2D eigenvalue weighted by Gasteiger charge is -2.17. The van der Waals surface area contributed by atoms with Crippen LogP contribution < -0.4 is 15.4 Å². The third-order valence-corrected chi connectivity index (χ3v) is 4.67. The van der Waals surface area contributed by atoms with Crippen LogP contribution in [0, 0.1) is 0 Å². The van der Waals surface area contributed by atoms with Crippen LogP contribution in [0.2, 0.25) is 0 Å². The van der Waals surface area contributed by atoms with Crippen LogP contribution in [0.5, 0.6) is 5.75 Å². The Morgan fingerprint density at radius 3 is 2.42 bits per heavy atom. The molecule has 2 N–H and O–H groups in total. The Kier molecular flexibility index (Phi) is 8.25. The molecule has 0 radical (unpaired) electrons. The number of hydrogen-bond donors (Lipinski definition) is 2. The van der Waals surface area contributed by atoms with Crippen LogP contribution in [-0.2, 0) is 9.59 Å². The molecule has 0 spiro atoms. The van der Waals surface area contributed by atoms with E-state index in [0.29, 0.717) is 17.9 Å². The van der Waals surface area contributed by atoms with Crippen LogP contribution in [0.15, 0.2) is 28.2 Å². The Balaban J connectivity index is 2.03. The highest BCUT2D eigenvalue weighted by molar-refractivity contribution is 9.10. The molecule has 2 amide bonds. The van der Waals surface area contributed by atoms with Crippen molar-refractivity contribution in [2.75, 3.05) is 6.61 Å². The minimum Gasteiger partial charge on any atom is -0.493 e. The molecule has 1 aliphatic rings. The third-order valence-electron chi connectivity index (χ3n) is 3.97. The Hall–Kier alpha value is -1.73. The zero-order valence-corrected chi connectivity index (χ0v) is 17.2. The lowest BCUT2D eigenvalue weighted by atomic mass is 10.1. The molecule has 5 nitrogen and oxygen atoms in total. The van der Waals surface area contributed by atoms with E-state index in [1.54, 1.807) is 0 Å². The molecule has 0 aliphatic carbocycles. The van der Waals surface area contributed by atoms with Crippen molar-refractivity contribution in [2.24, 2.45) is 0 Å². The van der Waals surface area contributed by atoms with E-state index in [9.17, 15) is 9.59 Å². The van der Waals surface area contributed by atoms with Gasteiger partial charge in [-0.1, -0.05) is 55.0 Å². The van der Waals surface area contributed by atoms with Crippen molar-refractivity contribution >= 4 is 51.2 Å². The molecule has 0 aromatic heterocycles.